The molecule has 0 aliphatic rings. The fourth-order valence-corrected chi connectivity index (χ4v) is 0.539. The van der Waals surface area contributed by atoms with Gasteiger partial charge in [0.05, 0.1) is 0 Å². The SMILES string of the molecule is CCCCCCO.[Cu]. The van der Waals surface area contributed by atoms with Crippen LogP contribution in [-0.4, -0.2) is 11.7 Å². The zero-order valence-corrected chi connectivity index (χ0v) is 6.23. The molecule has 0 aromatic heterocycles. The Bertz CT molecular complexity index is 27.7. The summed E-state index contributed by atoms with van der Waals surface area (Å²) >= 11 is 0. The first-order valence-electron chi connectivity index (χ1n) is 3.02. The van der Waals surface area contributed by atoms with Crippen LogP contribution in [-0.2, 0) is 17.1 Å². The van der Waals surface area contributed by atoms with Crippen LogP contribution in [0.5, 0.6) is 0 Å². The molecule has 0 unspecified atom stereocenters. The van der Waals surface area contributed by atoms with Crippen molar-refractivity contribution >= 4 is 0 Å². The minimum atomic E-state index is 0. The Labute approximate surface area is 62.0 Å². The van der Waals surface area contributed by atoms with E-state index >= 15 is 0 Å². The van der Waals surface area contributed by atoms with Crippen molar-refractivity contribution in [3.8, 4) is 0 Å². The van der Waals surface area contributed by atoms with E-state index in [0.717, 1.165) is 6.42 Å². The van der Waals surface area contributed by atoms with Crippen molar-refractivity contribution in [2.75, 3.05) is 6.61 Å². The van der Waals surface area contributed by atoms with Crippen molar-refractivity contribution in [3.05, 3.63) is 0 Å². The summed E-state index contributed by atoms with van der Waals surface area (Å²) in [5, 5.41) is 8.29. The fraction of sp³-hybridized carbons (Fsp3) is 1.00. The zero-order valence-electron chi connectivity index (χ0n) is 5.28. The van der Waals surface area contributed by atoms with E-state index in [2.05, 4.69) is 6.92 Å². The van der Waals surface area contributed by atoms with E-state index < -0.39 is 0 Å². The molecule has 0 amide bonds. The second-order valence-electron chi connectivity index (χ2n) is 1.78. The molecule has 0 spiro atoms. The van der Waals surface area contributed by atoms with Crippen LogP contribution in [0, 0.1) is 0 Å². The first-order chi connectivity index (χ1) is 3.41. The van der Waals surface area contributed by atoms with Crippen LogP contribution in [0.2, 0.25) is 0 Å². The van der Waals surface area contributed by atoms with Crippen LogP contribution in [0.25, 0.3) is 0 Å². The number of aliphatic hydroxyl groups is 1. The van der Waals surface area contributed by atoms with E-state index in [4.69, 9.17) is 5.11 Å². The Morgan fingerprint density at radius 3 is 2.12 bits per heavy atom. The number of aliphatic hydroxyl groups excluding tert-OH is 1. The van der Waals surface area contributed by atoms with E-state index in [0.29, 0.717) is 6.61 Å². The number of hydrogen-bond donors (Lipinski definition) is 1. The quantitative estimate of drug-likeness (QED) is 0.495. The molecule has 0 aromatic carbocycles. The second kappa shape index (κ2) is 10.5. The van der Waals surface area contributed by atoms with Crippen molar-refractivity contribution in [3.63, 3.8) is 0 Å². The van der Waals surface area contributed by atoms with Gasteiger partial charge in [0.15, 0.2) is 0 Å². The van der Waals surface area contributed by atoms with E-state index in [1.54, 1.807) is 0 Å². The average molecular weight is 166 g/mol. The van der Waals surface area contributed by atoms with Gasteiger partial charge < -0.3 is 5.11 Å². The van der Waals surface area contributed by atoms with E-state index in [9.17, 15) is 0 Å². The molecule has 0 saturated carbocycles. The van der Waals surface area contributed by atoms with E-state index in [1.807, 2.05) is 0 Å². The van der Waals surface area contributed by atoms with Crippen LogP contribution in [0.1, 0.15) is 32.6 Å². The standard InChI is InChI=1S/C6H14O.Cu/c1-2-3-4-5-6-7;/h7H,2-6H2,1H3;. The van der Waals surface area contributed by atoms with E-state index in [-0.39, 0.29) is 17.1 Å². The molecule has 0 rings (SSSR count). The van der Waals surface area contributed by atoms with Crippen molar-refractivity contribution in [1.82, 2.24) is 0 Å². The first kappa shape index (κ1) is 11.3. The summed E-state index contributed by atoms with van der Waals surface area (Å²) < 4.78 is 0. The normalized spacial score (nSPS) is 8.25. The largest absolute Gasteiger partial charge is 0.396 e. The average Bonchev–Trinajstić information content (AvgIpc) is 1.69. The third kappa shape index (κ3) is 9.70. The summed E-state index contributed by atoms with van der Waals surface area (Å²) in [6.45, 7) is 2.53. The topological polar surface area (TPSA) is 20.2 Å². The molecule has 1 nitrogen and oxygen atoms in total. The fourth-order valence-electron chi connectivity index (χ4n) is 0.539. The van der Waals surface area contributed by atoms with Crippen LogP contribution in [0.4, 0.5) is 0 Å². The maximum atomic E-state index is 8.29. The Kier molecular flexibility index (Phi) is 14.8. The van der Waals surface area contributed by atoms with Gasteiger partial charge in [0.2, 0.25) is 0 Å². The summed E-state index contributed by atoms with van der Waals surface area (Å²) in [5.74, 6) is 0. The predicted molar refractivity (Wildman–Crippen MR) is 31.2 cm³/mol. The molecule has 0 heterocycles. The van der Waals surface area contributed by atoms with Crippen molar-refractivity contribution < 1.29 is 22.2 Å². The van der Waals surface area contributed by atoms with Gasteiger partial charge in [-0.1, -0.05) is 26.2 Å². The summed E-state index contributed by atoms with van der Waals surface area (Å²) in [5.41, 5.74) is 0. The van der Waals surface area contributed by atoms with Gasteiger partial charge in [-0.05, 0) is 6.42 Å². The van der Waals surface area contributed by atoms with Gasteiger partial charge in [0.25, 0.3) is 0 Å². The van der Waals surface area contributed by atoms with Crippen LogP contribution in [0.3, 0.4) is 0 Å². The molecule has 55 valence electrons. The first-order valence-corrected chi connectivity index (χ1v) is 3.02. The predicted octanol–water partition coefficient (Wildman–Crippen LogP) is 1.56. The van der Waals surface area contributed by atoms with Gasteiger partial charge >= 0.3 is 0 Å². The second-order valence-corrected chi connectivity index (χ2v) is 1.78. The number of unbranched alkanes of at least 4 members (excludes halogenated alkanes) is 3. The summed E-state index contributed by atoms with van der Waals surface area (Å²) in [6, 6.07) is 0. The molecular weight excluding hydrogens is 152 g/mol. The molecule has 8 heavy (non-hydrogen) atoms. The molecule has 2 heteroatoms. The monoisotopic (exact) mass is 165 g/mol. The minimum absolute atomic E-state index is 0. The molecule has 0 aromatic rings. The van der Waals surface area contributed by atoms with Gasteiger partial charge in [-0.2, -0.15) is 0 Å². The summed E-state index contributed by atoms with van der Waals surface area (Å²) in [7, 11) is 0. The third-order valence-corrected chi connectivity index (χ3v) is 1.01. The van der Waals surface area contributed by atoms with Gasteiger partial charge in [0, 0.05) is 23.7 Å². The molecule has 0 bridgehead atoms. The molecule has 0 aliphatic heterocycles. The Morgan fingerprint density at radius 1 is 1.12 bits per heavy atom. The van der Waals surface area contributed by atoms with Gasteiger partial charge in [-0.25, -0.2) is 0 Å². The molecule has 0 fully saturated rings. The van der Waals surface area contributed by atoms with Crippen LogP contribution < -0.4 is 0 Å². The van der Waals surface area contributed by atoms with Crippen LogP contribution >= 0.6 is 0 Å². The van der Waals surface area contributed by atoms with Crippen molar-refractivity contribution in [2.45, 2.75) is 32.6 Å². The molecule has 0 aliphatic carbocycles. The van der Waals surface area contributed by atoms with Gasteiger partial charge in [-0.15, -0.1) is 0 Å². The third-order valence-electron chi connectivity index (χ3n) is 1.01. The Hall–Kier alpha value is 0.479. The zero-order chi connectivity index (χ0) is 5.54. The van der Waals surface area contributed by atoms with Gasteiger partial charge in [-0.3, -0.25) is 0 Å². The summed E-state index contributed by atoms with van der Waals surface area (Å²) in [4.78, 5) is 0. The number of rotatable bonds is 4. The smallest absolute Gasteiger partial charge is 0.0431 e. The van der Waals surface area contributed by atoms with Crippen molar-refractivity contribution in [2.24, 2.45) is 0 Å². The molecule has 1 N–H and O–H groups in total. The molecular formula is C6H14CuO. The maximum absolute atomic E-state index is 8.29. The Morgan fingerprint density at radius 2 is 1.75 bits per heavy atom. The van der Waals surface area contributed by atoms with Crippen LogP contribution in [0.15, 0.2) is 0 Å². The molecule has 0 saturated heterocycles. The van der Waals surface area contributed by atoms with Gasteiger partial charge in [0.1, 0.15) is 0 Å². The minimum Gasteiger partial charge on any atom is -0.396 e. The van der Waals surface area contributed by atoms with Crippen molar-refractivity contribution in [1.29, 1.82) is 0 Å². The molecule has 0 atom stereocenters. The van der Waals surface area contributed by atoms with E-state index in [1.165, 1.54) is 19.3 Å². The number of hydrogen-bond acceptors (Lipinski definition) is 1. The Balaban J connectivity index is 0. The summed E-state index contributed by atoms with van der Waals surface area (Å²) in [6.07, 6.45) is 4.68. The molecule has 1 radical (unpaired) electrons. The maximum Gasteiger partial charge on any atom is 0.0431 e.